The van der Waals surface area contributed by atoms with Crippen molar-refractivity contribution in [1.29, 1.82) is 0 Å². The molecule has 0 saturated heterocycles. The number of carboxylic acids is 1. The minimum Gasteiger partial charge on any atom is -0.481 e. The summed E-state index contributed by atoms with van der Waals surface area (Å²) in [5.41, 5.74) is 2.83. The van der Waals surface area contributed by atoms with Gasteiger partial charge in [0.1, 0.15) is 0 Å². The summed E-state index contributed by atoms with van der Waals surface area (Å²) in [6, 6.07) is 6.08. The minimum absolute atomic E-state index is 0.0125. The van der Waals surface area contributed by atoms with Gasteiger partial charge >= 0.3 is 5.97 Å². The van der Waals surface area contributed by atoms with E-state index in [1.165, 1.54) is 0 Å². The van der Waals surface area contributed by atoms with Gasteiger partial charge in [-0.2, -0.15) is 0 Å². The lowest BCUT2D eigenvalue weighted by Gasteiger charge is -2.36. The Balaban J connectivity index is 1.53. The molecule has 3 rings (SSSR count). The van der Waals surface area contributed by atoms with Gasteiger partial charge in [-0.05, 0) is 42.4 Å². The van der Waals surface area contributed by atoms with Crippen LogP contribution in [0.3, 0.4) is 0 Å². The molecule has 2 aromatic rings. The van der Waals surface area contributed by atoms with Crippen LogP contribution in [0.15, 0.2) is 24.5 Å². The van der Waals surface area contributed by atoms with Crippen molar-refractivity contribution in [2.24, 2.45) is 12.5 Å². The molecule has 1 aliphatic carbocycles. The number of carbonyl (C=O) groups is 2. The van der Waals surface area contributed by atoms with Gasteiger partial charge in [0.2, 0.25) is 5.91 Å². The lowest BCUT2D eigenvalue weighted by Crippen LogP contribution is -2.40. The molecule has 6 nitrogen and oxygen atoms in total. The standard InChI is InChI=1S/C20H27N3O3/c1-23-14-22-16-11-15(5-7-17(16)23)6-8-18(24)21-13-20(12-19(25)26)9-3-2-4-10-20/h5,7,11,14H,2-4,6,8-10,12-13H2,1H3,(H,21,24)(H,25,26). The molecular formula is C20H27N3O3. The molecule has 1 saturated carbocycles. The van der Waals surface area contributed by atoms with Gasteiger partial charge in [0.25, 0.3) is 0 Å². The molecule has 1 amide bonds. The van der Waals surface area contributed by atoms with Crippen LogP contribution in [0.5, 0.6) is 0 Å². The highest BCUT2D eigenvalue weighted by Crippen LogP contribution is 2.38. The van der Waals surface area contributed by atoms with Crippen LogP contribution in [0.2, 0.25) is 0 Å². The summed E-state index contributed by atoms with van der Waals surface area (Å²) in [6.07, 6.45) is 8.01. The molecule has 0 unspecified atom stereocenters. The molecule has 1 heterocycles. The van der Waals surface area contributed by atoms with Crippen LogP contribution in [0.25, 0.3) is 11.0 Å². The number of benzene rings is 1. The van der Waals surface area contributed by atoms with E-state index in [9.17, 15) is 14.7 Å². The van der Waals surface area contributed by atoms with E-state index in [1.54, 1.807) is 6.33 Å². The van der Waals surface area contributed by atoms with Crippen LogP contribution < -0.4 is 5.32 Å². The van der Waals surface area contributed by atoms with Crippen molar-refractivity contribution in [2.75, 3.05) is 6.54 Å². The lowest BCUT2D eigenvalue weighted by atomic mass is 9.71. The second-order valence-electron chi connectivity index (χ2n) is 7.59. The Kier molecular flexibility index (Phi) is 5.59. The molecule has 0 spiro atoms. The maximum absolute atomic E-state index is 12.3. The van der Waals surface area contributed by atoms with Crippen LogP contribution in [-0.4, -0.2) is 33.1 Å². The molecule has 26 heavy (non-hydrogen) atoms. The number of imidazole rings is 1. The average molecular weight is 357 g/mol. The van der Waals surface area contributed by atoms with Crippen LogP contribution >= 0.6 is 0 Å². The number of carboxylic acid groups (broad SMARTS) is 1. The number of aromatic nitrogens is 2. The van der Waals surface area contributed by atoms with Gasteiger partial charge in [0, 0.05) is 20.0 Å². The van der Waals surface area contributed by atoms with Gasteiger partial charge in [0.05, 0.1) is 23.8 Å². The van der Waals surface area contributed by atoms with Gasteiger partial charge in [-0.25, -0.2) is 4.98 Å². The summed E-state index contributed by atoms with van der Waals surface area (Å²) in [6.45, 7) is 0.470. The van der Waals surface area contributed by atoms with Gasteiger partial charge in [-0.3, -0.25) is 9.59 Å². The Morgan fingerprint density at radius 1 is 1.27 bits per heavy atom. The number of aryl methyl sites for hydroxylation is 2. The largest absolute Gasteiger partial charge is 0.481 e. The number of rotatable bonds is 7. The molecule has 1 aromatic heterocycles. The quantitative estimate of drug-likeness (QED) is 0.798. The SMILES string of the molecule is Cn1cnc2cc(CCC(=O)NCC3(CC(=O)O)CCCCC3)ccc21. The van der Waals surface area contributed by atoms with Crippen LogP contribution in [0, 0.1) is 5.41 Å². The minimum atomic E-state index is -0.773. The lowest BCUT2D eigenvalue weighted by molar-refractivity contribution is -0.140. The van der Waals surface area contributed by atoms with Crippen molar-refractivity contribution in [1.82, 2.24) is 14.9 Å². The first-order chi connectivity index (χ1) is 12.5. The summed E-state index contributed by atoms with van der Waals surface area (Å²) in [4.78, 5) is 27.8. The van der Waals surface area contributed by atoms with E-state index in [0.29, 0.717) is 19.4 Å². The molecule has 0 bridgehead atoms. The van der Waals surface area contributed by atoms with Crippen LogP contribution in [0.4, 0.5) is 0 Å². The number of hydrogen-bond acceptors (Lipinski definition) is 3. The van der Waals surface area contributed by atoms with Gasteiger partial charge < -0.3 is 15.0 Å². The number of amides is 1. The predicted octanol–water partition coefficient (Wildman–Crippen LogP) is 3.05. The van der Waals surface area contributed by atoms with Gasteiger partial charge in [-0.15, -0.1) is 0 Å². The summed E-state index contributed by atoms with van der Waals surface area (Å²) in [5.74, 6) is -0.786. The van der Waals surface area contributed by atoms with Crippen molar-refractivity contribution in [3.63, 3.8) is 0 Å². The molecule has 140 valence electrons. The fourth-order valence-corrected chi connectivity index (χ4v) is 4.01. The first-order valence-corrected chi connectivity index (χ1v) is 9.36. The third kappa shape index (κ3) is 4.42. The Hall–Kier alpha value is -2.37. The third-order valence-corrected chi connectivity index (χ3v) is 5.53. The first kappa shape index (κ1) is 18.4. The van der Waals surface area contributed by atoms with E-state index in [-0.39, 0.29) is 17.7 Å². The summed E-state index contributed by atoms with van der Waals surface area (Å²) in [7, 11) is 1.96. The fraction of sp³-hybridized carbons (Fsp3) is 0.550. The maximum atomic E-state index is 12.3. The van der Waals surface area contributed by atoms with E-state index < -0.39 is 5.97 Å². The number of carbonyl (C=O) groups excluding carboxylic acids is 1. The normalized spacial score (nSPS) is 16.5. The van der Waals surface area contributed by atoms with Crippen LogP contribution in [-0.2, 0) is 23.1 Å². The van der Waals surface area contributed by atoms with E-state index in [1.807, 2.05) is 29.8 Å². The Bertz CT molecular complexity index is 791. The highest BCUT2D eigenvalue weighted by Gasteiger charge is 2.34. The summed E-state index contributed by atoms with van der Waals surface area (Å²) < 4.78 is 1.97. The van der Waals surface area contributed by atoms with E-state index in [2.05, 4.69) is 10.3 Å². The number of aliphatic carboxylic acids is 1. The first-order valence-electron chi connectivity index (χ1n) is 9.36. The van der Waals surface area contributed by atoms with Crippen molar-refractivity contribution in [3.05, 3.63) is 30.1 Å². The van der Waals surface area contributed by atoms with Crippen molar-refractivity contribution >= 4 is 22.9 Å². The summed E-state index contributed by atoms with van der Waals surface area (Å²) in [5, 5.41) is 12.2. The molecular weight excluding hydrogens is 330 g/mol. The molecule has 2 N–H and O–H groups in total. The number of nitrogens with one attached hydrogen (secondary N) is 1. The van der Waals surface area contributed by atoms with Gasteiger partial charge in [-0.1, -0.05) is 25.3 Å². The smallest absolute Gasteiger partial charge is 0.303 e. The van der Waals surface area contributed by atoms with Crippen molar-refractivity contribution in [3.8, 4) is 0 Å². The highest BCUT2D eigenvalue weighted by molar-refractivity contribution is 5.78. The van der Waals surface area contributed by atoms with Gasteiger partial charge in [0.15, 0.2) is 0 Å². The number of hydrogen-bond donors (Lipinski definition) is 2. The van der Waals surface area contributed by atoms with Crippen molar-refractivity contribution < 1.29 is 14.7 Å². The predicted molar refractivity (Wildman–Crippen MR) is 99.8 cm³/mol. The molecule has 1 aromatic carbocycles. The Morgan fingerprint density at radius 2 is 2.04 bits per heavy atom. The molecule has 0 aliphatic heterocycles. The second-order valence-corrected chi connectivity index (χ2v) is 7.59. The summed E-state index contributed by atoms with van der Waals surface area (Å²) >= 11 is 0. The highest BCUT2D eigenvalue weighted by atomic mass is 16.4. The third-order valence-electron chi connectivity index (χ3n) is 5.53. The van der Waals surface area contributed by atoms with E-state index in [4.69, 9.17) is 0 Å². The zero-order chi connectivity index (χ0) is 18.6. The molecule has 1 aliphatic rings. The molecule has 0 atom stereocenters. The van der Waals surface area contributed by atoms with E-state index >= 15 is 0 Å². The molecule has 1 fully saturated rings. The average Bonchev–Trinajstić information content (AvgIpc) is 2.99. The number of fused-ring (bicyclic) bond motifs is 1. The number of nitrogens with zero attached hydrogens (tertiary/aromatic N) is 2. The Morgan fingerprint density at radius 3 is 2.77 bits per heavy atom. The fourth-order valence-electron chi connectivity index (χ4n) is 4.01. The van der Waals surface area contributed by atoms with E-state index in [0.717, 1.165) is 48.7 Å². The molecule has 0 radical (unpaired) electrons. The maximum Gasteiger partial charge on any atom is 0.303 e. The zero-order valence-electron chi connectivity index (χ0n) is 15.3. The monoisotopic (exact) mass is 357 g/mol. The second kappa shape index (κ2) is 7.89. The topological polar surface area (TPSA) is 84.2 Å². The van der Waals surface area contributed by atoms with Crippen LogP contribution in [0.1, 0.15) is 50.5 Å². The Labute approximate surface area is 153 Å². The van der Waals surface area contributed by atoms with Crippen molar-refractivity contribution in [2.45, 2.75) is 51.4 Å². The zero-order valence-corrected chi connectivity index (χ0v) is 15.3. The molecule has 6 heteroatoms.